The highest BCUT2D eigenvalue weighted by Gasteiger charge is 2.42. The summed E-state index contributed by atoms with van der Waals surface area (Å²) in [5.74, 6) is -0.854. The SMILES string of the molecule is CC1(C(=O)O)CCN(C(=O)NCc2ccccc2Cn2cccn2)C1. The zero-order valence-corrected chi connectivity index (χ0v) is 14.2. The number of carboxylic acid groups (broad SMARTS) is 1. The van der Waals surface area contributed by atoms with Gasteiger partial charge in [0.2, 0.25) is 0 Å². The number of carbonyl (C=O) groups is 2. The summed E-state index contributed by atoms with van der Waals surface area (Å²) in [4.78, 5) is 25.2. The van der Waals surface area contributed by atoms with Gasteiger partial charge in [0.1, 0.15) is 0 Å². The molecule has 1 atom stereocenters. The number of carbonyl (C=O) groups excluding carboxylic acids is 1. The molecule has 1 aliphatic rings. The Kier molecular flexibility index (Phi) is 4.74. The molecule has 3 rings (SSSR count). The van der Waals surface area contributed by atoms with E-state index in [-0.39, 0.29) is 12.6 Å². The quantitative estimate of drug-likeness (QED) is 0.869. The van der Waals surface area contributed by atoms with E-state index in [0.29, 0.717) is 26.1 Å². The lowest BCUT2D eigenvalue weighted by Crippen LogP contribution is -2.40. The van der Waals surface area contributed by atoms with Gasteiger partial charge >= 0.3 is 12.0 Å². The molecule has 1 unspecified atom stereocenters. The van der Waals surface area contributed by atoms with Gasteiger partial charge in [0.25, 0.3) is 0 Å². The molecule has 0 saturated carbocycles. The average molecular weight is 342 g/mol. The normalized spacial score (nSPS) is 19.8. The summed E-state index contributed by atoms with van der Waals surface area (Å²) in [6.07, 6.45) is 4.11. The van der Waals surface area contributed by atoms with Crippen molar-refractivity contribution in [2.45, 2.75) is 26.4 Å². The van der Waals surface area contributed by atoms with E-state index in [1.54, 1.807) is 18.0 Å². The smallest absolute Gasteiger partial charge is 0.317 e. The minimum absolute atomic E-state index is 0.223. The van der Waals surface area contributed by atoms with Crippen LogP contribution in [-0.2, 0) is 17.9 Å². The Bertz CT molecular complexity index is 759. The maximum atomic E-state index is 12.4. The first-order valence-corrected chi connectivity index (χ1v) is 8.28. The van der Waals surface area contributed by atoms with Crippen molar-refractivity contribution in [2.75, 3.05) is 13.1 Å². The van der Waals surface area contributed by atoms with E-state index in [0.717, 1.165) is 11.1 Å². The molecule has 0 aliphatic carbocycles. The first-order chi connectivity index (χ1) is 12.0. The molecule has 2 aromatic rings. The first kappa shape index (κ1) is 17.0. The van der Waals surface area contributed by atoms with E-state index in [1.165, 1.54) is 0 Å². The summed E-state index contributed by atoms with van der Waals surface area (Å²) in [6, 6.07) is 9.54. The number of rotatable bonds is 5. The van der Waals surface area contributed by atoms with E-state index in [9.17, 15) is 14.7 Å². The molecule has 0 bridgehead atoms. The molecule has 2 heterocycles. The lowest BCUT2D eigenvalue weighted by atomic mass is 9.90. The minimum atomic E-state index is -0.854. The van der Waals surface area contributed by atoms with Crippen molar-refractivity contribution < 1.29 is 14.7 Å². The maximum absolute atomic E-state index is 12.4. The van der Waals surface area contributed by atoms with Crippen molar-refractivity contribution >= 4 is 12.0 Å². The number of hydrogen-bond acceptors (Lipinski definition) is 3. The topological polar surface area (TPSA) is 87.5 Å². The minimum Gasteiger partial charge on any atom is -0.481 e. The van der Waals surface area contributed by atoms with E-state index in [1.807, 2.05) is 41.2 Å². The molecule has 1 aliphatic heterocycles. The van der Waals surface area contributed by atoms with Crippen molar-refractivity contribution in [3.63, 3.8) is 0 Å². The van der Waals surface area contributed by atoms with Crippen molar-refractivity contribution in [3.8, 4) is 0 Å². The fraction of sp³-hybridized carbons (Fsp3) is 0.389. The summed E-state index contributed by atoms with van der Waals surface area (Å²) >= 11 is 0. The molecule has 7 heteroatoms. The molecule has 0 radical (unpaired) electrons. The second-order valence-electron chi connectivity index (χ2n) is 6.67. The molecule has 1 fully saturated rings. The fourth-order valence-corrected chi connectivity index (χ4v) is 3.04. The summed E-state index contributed by atoms with van der Waals surface area (Å²) in [5, 5.41) is 16.4. The molecular formula is C18H22N4O3. The number of nitrogens with one attached hydrogen (secondary N) is 1. The van der Waals surface area contributed by atoms with Gasteiger partial charge in [-0.1, -0.05) is 24.3 Å². The summed E-state index contributed by atoms with van der Waals surface area (Å²) in [6.45, 7) is 3.42. The number of urea groups is 1. The van der Waals surface area contributed by atoms with Crippen LogP contribution in [0.1, 0.15) is 24.5 Å². The number of benzene rings is 1. The monoisotopic (exact) mass is 342 g/mol. The third kappa shape index (κ3) is 3.81. The predicted octanol–water partition coefficient (Wildman–Crippen LogP) is 1.94. The number of carboxylic acids is 1. The highest BCUT2D eigenvalue weighted by atomic mass is 16.4. The van der Waals surface area contributed by atoms with Crippen LogP contribution in [0.4, 0.5) is 4.79 Å². The third-order valence-electron chi connectivity index (χ3n) is 4.72. The van der Waals surface area contributed by atoms with Crippen LogP contribution in [-0.4, -0.2) is 44.9 Å². The van der Waals surface area contributed by atoms with Gasteiger partial charge < -0.3 is 15.3 Å². The van der Waals surface area contributed by atoms with Crippen molar-refractivity contribution in [1.29, 1.82) is 0 Å². The summed E-state index contributed by atoms with van der Waals surface area (Å²) in [5.41, 5.74) is 1.25. The van der Waals surface area contributed by atoms with Gasteiger partial charge in [0.15, 0.2) is 0 Å². The van der Waals surface area contributed by atoms with Crippen LogP contribution < -0.4 is 5.32 Å². The largest absolute Gasteiger partial charge is 0.481 e. The van der Waals surface area contributed by atoms with E-state index in [2.05, 4.69) is 10.4 Å². The van der Waals surface area contributed by atoms with Crippen molar-refractivity contribution in [1.82, 2.24) is 20.0 Å². The highest BCUT2D eigenvalue weighted by Crippen LogP contribution is 2.30. The molecule has 132 valence electrons. The molecule has 2 amide bonds. The van der Waals surface area contributed by atoms with Crippen molar-refractivity contribution in [3.05, 3.63) is 53.9 Å². The van der Waals surface area contributed by atoms with Gasteiger partial charge in [0.05, 0.1) is 12.0 Å². The number of nitrogens with zero attached hydrogens (tertiary/aromatic N) is 3. The number of likely N-dealkylation sites (tertiary alicyclic amines) is 1. The van der Waals surface area contributed by atoms with Crippen LogP contribution >= 0.6 is 0 Å². The fourth-order valence-electron chi connectivity index (χ4n) is 3.04. The number of aliphatic carboxylic acids is 1. The molecule has 2 N–H and O–H groups in total. The van der Waals surface area contributed by atoms with Crippen LogP contribution in [0.2, 0.25) is 0 Å². The van der Waals surface area contributed by atoms with E-state index < -0.39 is 11.4 Å². The summed E-state index contributed by atoms with van der Waals surface area (Å²) in [7, 11) is 0. The molecule has 1 aromatic carbocycles. The van der Waals surface area contributed by atoms with Gasteiger partial charge in [-0.2, -0.15) is 5.10 Å². The standard InChI is InChI=1S/C18H22N4O3/c1-18(16(23)24)7-10-21(13-18)17(25)19-11-14-5-2-3-6-15(14)12-22-9-4-8-20-22/h2-6,8-9H,7,10-13H2,1H3,(H,19,25)(H,23,24). The number of amides is 2. The maximum Gasteiger partial charge on any atom is 0.317 e. The number of hydrogen-bond donors (Lipinski definition) is 2. The Morgan fingerprint density at radius 2 is 2.04 bits per heavy atom. The van der Waals surface area contributed by atoms with Gasteiger partial charge in [-0.25, -0.2) is 4.79 Å². The molecule has 7 nitrogen and oxygen atoms in total. The summed E-state index contributed by atoms with van der Waals surface area (Å²) < 4.78 is 1.83. The van der Waals surface area contributed by atoms with E-state index in [4.69, 9.17) is 0 Å². The predicted molar refractivity (Wildman–Crippen MR) is 91.9 cm³/mol. The average Bonchev–Trinajstić information content (AvgIpc) is 3.24. The Hall–Kier alpha value is -2.83. The van der Waals surface area contributed by atoms with Crippen LogP contribution in [0.15, 0.2) is 42.7 Å². The van der Waals surface area contributed by atoms with Crippen LogP contribution in [0.3, 0.4) is 0 Å². The van der Waals surface area contributed by atoms with Gasteiger partial charge in [-0.15, -0.1) is 0 Å². The zero-order chi connectivity index (χ0) is 17.9. The lowest BCUT2D eigenvalue weighted by Gasteiger charge is -2.21. The second-order valence-corrected chi connectivity index (χ2v) is 6.67. The first-order valence-electron chi connectivity index (χ1n) is 8.28. The number of aromatic nitrogens is 2. The lowest BCUT2D eigenvalue weighted by molar-refractivity contribution is -0.147. The third-order valence-corrected chi connectivity index (χ3v) is 4.72. The molecule has 1 aromatic heterocycles. The van der Waals surface area contributed by atoms with Gasteiger partial charge in [0, 0.05) is 32.0 Å². The molecule has 1 saturated heterocycles. The Morgan fingerprint density at radius 3 is 2.68 bits per heavy atom. The zero-order valence-electron chi connectivity index (χ0n) is 14.2. The van der Waals surface area contributed by atoms with Crippen LogP contribution in [0, 0.1) is 5.41 Å². The second kappa shape index (κ2) is 6.96. The molecular weight excluding hydrogens is 320 g/mol. The van der Waals surface area contributed by atoms with E-state index >= 15 is 0 Å². The molecule has 25 heavy (non-hydrogen) atoms. The van der Waals surface area contributed by atoms with Crippen molar-refractivity contribution in [2.24, 2.45) is 5.41 Å². The highest BCUT2D eigenvalue weighted by molar-refractivity contribution is 5.79. The Labute approximate surface area is 146 Å². The van der Waals surface area contributed by atoms with Gasteiger partial charge in [-0.3, -0.25) is 9.48 Å². The Morgan fingerprint density at radius 1 is 1.28 bits per heavy atom. The van der Waals surface area contributed by atoms with Crippen LogP contribution in [0.5, 0.6) is 0 Å². The van der Waals surface area contributed by atoms with Gasteiger partial charge in [-0.05, 0) is 30.5 Å². The molecule has 0 spiro atoms. The Balaban J connectivity index is 1.60. The van der Waals surface area contributed by atoms with Crippen LogP contribution in [0.25, 0.3) is 0 Å².